The van der Waals surface area contributed by atoms with E-state index in [-0.39, 0.29) is 6.10 Å². The largest absolute Gasteiger partial charge is 0.474 e. The van der Waals surface area contributed by atoms with Gasteiger partial charge in [0.2, 0.25) is 5.88 Å². The molecule has 1 fully saturated rings. The van der Waals surface area contributed by atoms with Crippen molar-refractivity contribution in [2.45, 2.75) is 32.8 Å². The van der Waals surface area contributed by atoms with Gasteiger partial charge in [0, 0.05) is 12.2 Å². The Hall–Kier alpha value is -0.870. The Bertz CT molecular complexity index is 378. The molecule has 88 valence electrons. The molecule has 1 aliphatic rings. The molecule has 0 saturated carbocycles. The van der Waals surface area contributed by atoms with Crippen LogP contribution in [0.2, 0.25) is 5.15 Å². The minimum absolute atomic E-state index is 0.192. The summed E-state index contributed by atoms with van der Waals surface area (Å²) in [7, 11) is 0. The van der Waals surface area contributed by atoms with Gasteiger partial charge in [-0.2, -0.15) is 0 Å². The standard InChI is InChI=1S/C11H15ClN2O2/c1-7-8(2)11(14-13-10(7)12)16-6-9-4-3-5-15-9/h9H,3-6H2,1-2H3. The average Bonchev–Trinajstić information content (AvgIpc) is 2.78. The van der Waals surface area contributed by atoms with Gasteiger partial charge in [-0.1, -0.05) is 11.6 Å². The zero-order chi connectivity index (χ0) is 11.5. The Morgan fingerprint density at radius 2 is 2.19 bits per heavy atom. The van der Waals surface area contributed by atoms with Gasteiger partial charge in [-0.3, -0.25) is 0 Å². The van der Waals surface area contributed by atoms with Gasteiger partial charge in [0.25, 0.3) is 0 Å². The first kappa shape index (κ1) is 11.6. The van der Waals surface area contributed by atoms with Crippen LogP contribution in [-0.2, 0) is 4.74 Å². The molecule has 5 heteroatoms. The van der Waals surface area contributed by atoms with E-state index in [0.29, 0.717) is 17.6 Å². The van der Waals surface area contributed by atoms with Crippen LogP contribution in [0.25, 0.3) is 0 Å². The maximum Gasteiger partial charge on any atom is 0.236 e. The molecule has 2 rings (SSSR count). The number of nitrogens with zero attached hydrogens (tertiary/aromatic N) is 2. The van der Waals surface area contributed by atoms with Crippen LogP contribution in [0.3, 0.4) is 0 Å². The van der Waals surface area contributed by atoms with Crippen LogP contribution in [-0.4, -0.2) is 29.5 Å². The molecule has 1 saturated heterocycles. The minimum Gasteiger partial charge on any atom is -0.474 e. The Labute approximate surface area is 99.9 Å². The van der Waals surface area contributed by atoms with Gasteiger partial charge in [0.1, 0.15) is 6.61 Å². The lowest BCUT2D eigenvalue weighted by Crippen LogP contribution is -2.17. The average molecular weight is 243 g/mol. The van der Waals surface area contributed by atoms with Crippen LogP contribution in [0.15, 0.2) is 0 Å². The number of rotatable bonds is 3. The highest BCUT2D eigenvalue weighted by Crippen LogP contribution is 2.23. The lowest BCUT2D eigenvalue weighted by atomic mass is 10.2. The molecule has 1 aliphatic heterocycles. The summed E-state index contributed by atoms with van der Waals surface area (Å²) in [5, 5.41) is 8.21. The third kappa shape index (κ3) is 2.44. The second kappa shape index (κ2) is 4.97. The van der Waals surface area contributed by atoms with Gasteiger partial charge in [-0.15, -0.1) is 10.2 Å². The van der Waals surface area contributed by atoms with Crippen LogP contribution in [0.1, 0.15) is 24.0 Å². The summed E-state index contributed by atoms with van der Waals surface area (Å²) in [6.45, 7) is 5.21. The number of hydrogen-bond acceptors (Lipinski definition) is 4. The molecule has 1 atom stereocenters. The van der Waals surface area contributed by atoms with E-state index in [1.54, 1.807) is 0 Å². The van der Waals surface area contributed by atoms with Gasteiger partial charge in [-0.25, -0.2) is 0 Å². The maximum absolute atomic E-state index is 5.86. The number of ether oxygens (including phenoxy) is 2. The summed E-state index contributed by atoms with van der Waals surface area (Å²) in [4.78, 5) is 0. The van der Waals surface area contributed by atoms with E-state index < -0.39 is 0 Å². The molecule has 1 aromatic heterocycles. The van der Waals surface area contributed by atoms with Gasteiger partial charge in [-0.05, 0) is 32.3 Å². The van der Waals surface area contributed by atoms with Crippen molar-refractivity contribution in [1.82, 2.24) is 10.2 Å². The normalized spacial score (nSPS) is 20.1. The predicted molar refractivity (Wildman–Crippen MR) is 61.0 cm³/mol. The van der Waals surface area contributed by atoms with Crippen molar-refractivity contribution in [2.75, 3.05) is 13.2 Å². The SMILES string of the molecule is Cc1c(Cl)nnc(OCC2CCCO2)c1C. The van der Waals surface area contributed by atoms with Crippen LogP contribution >= 0.6 is 11.6 Å². The molecule has 0 aromatic carbocycles. The molecule has 1 unspecified atom stereocenters. The van der Waals surface area contributed by atoms with Crippen molar-refractivity contribution in [3.63, 3.8) is 0 Å². The zero-order valence-corrected chi connectivity index (χ0v) is 10.3. The first-order chi connectivity index (χ1) is 7.68. The Morgan fingerprint density at radius 3 is 2.88 bits per heavy atom. The number of halogens is 1. The first-order valence-corrected chi connectivity index (χ1v) is 5.80. The monoisotopic (exact) mass is 242 g/mol. The molecular weight excluding hydrogens is 228 g/mol. The zero-order valence-electron chi connectivity index (χ0n) is 9.49. The van der Waals surface area contributed by atoms with Crippen molar-refractivity contribution in [2.24, 2.45) is 0 Å². The van der Waals surface area contributed by atoms with Gasteiger partial charge < -0.3 is 9.47 Å². The fourth-order valence-electron chi connectivity index (χ4n) is 1.64. The summed E-state index contributed by atoms with van der Waals surface area (Å²) < 4.78 is 11.1. The summed E-state index contributed by atoms with van der Waals surface area (Å²) in [5.74, 6) is 0.553. The molecule has 0 spiro atoms. The van der Waals surface area contributed by atoms with Crippen molar-refractivity contribution in [3.05, 3.63) is 16.3 Å². The van der Waals surface area contributed by atoms with Gasteiger partial charge in [0.05, 0.1) is 6.10 Å². The molecular formula is C11H15ClN2O2. The Kier molecular flexibility index (Phi) is 3.61. The topological polar surface area (TPSA) is 44.2 Å². The summed E-state index contributed by atoms with van der Waals surface area (Å²) in [5.41, 5.74) is 1.86. The van der Waals surface area contributed by atoms with Crippen LogP contribution < -0.4 is 4.74 Å². The first-order valence-electron chi connectivity index (χ1n) is 5.42. The third-order valence-electron chi connectivity index (χ3n) is 2.85. The Morgan fingerprint density at radius 1 is 1.38 bits per heavy atom. The quantitative estimate of drug-likeness (QED) is 0.816. The Balaban J connectivity index is 2.01. The van der Waals surface area contributed by atoms with E-state index in [2.05, 4.69) is 10.2 Å². The molecule has 2 heterocycles. The fraction of sp³-hybridized carbons (Fsp3) is 0.636. The molecule has 0 amide bonds. The highest BCUT2D eigenvalue weighted by atomic mass is 35.5. The molecule has 0 bridgehead atoms. The molecule has 0 radical (unpaired) electrons. The molecule has 0 N–H and O–H groups in total. The van der Waals surface area contributed by atoms with Crippen molar-refractivity contribution < 1.29 is 9.47 Å². The number of aromatic nitrogens is 2. The van der Waals surface area contributed by atoms with Crippen molar-refractivity contribution in [3.8, 4) is 5.88 Å². The molecule has 0 aliphatic carbocycles. The van der Waals surface area contributed by atoms with Crippen molar-refractivity contribution in [1.29, 1.82) is 0 Å². The smallest absolute Gasteiger partial charge is 0.236 e. The second-order valence-corrected chi connectivity index (χ2v) is 4.35. The second-order valence-electron chi connectivity index (χ2n) is 3.99. The van der Waals surface area contributed by atoms with E-state index >= 15 is 0 Å². The summed E-state index contributed by atoms with van der Waals surface area (Å²) in [6, 6.07) is 0. The maximum atomic E-state index is 5.86. The predicted octanol–water partition coefficient (Wildman–Crippen LogP) is 2.30. The molecule has 1 aromatic rings. The fourth-order valence-corrected chi connectivity index (χ4v) is 1.82. The van der Waals surface area contributed by atoms with Crippen molar-refractivity contribution >= 4 is 11.6 Å². The van der Waals surface area contributed by atoms with E-state index in [0.717, 1.165) is 30.6 Å². The lowest BCUT2D eigenvalue weighted by molar-refractivity contribution is 0.0657. The van der Waals surface area contributed by atoms with E-state index in [1.165, 1.54) is 0 Å². The van der Waals surface area contributed by atoms with Crippen LogP contribution in [0.4, 0.5) is 0 Å². The van der Waals surface area contributed by atoms with E-state index in [1.807, 2.05) is 13.8 Å². The highest BCUT2D eigenvalue weighted by molar-refractivity contribution is 6.30. The van der Waals surface area contributed by atoms with Gasteiger partial charge in [0.15, 0.2) is 5.15 Å². The summed E-state index contributed by atoms with van der Waals surface area (Å²) >= 11 is 5.86. The molecule has 4 nitrogen and oxygen atoms in total. The van der Waals surface area contributed by atoms with Gasteiger partial charge >= 0.3 is 0 Å². The summed E-state index contributed by atoms with van der Waals surface area (Å²) in [6.07, 6.45) is 2.36. The lowest BCUT2D eigenvalue weighted by Gasteiger charge is -2.12. The van der Waals surface area contributed by atoms with Crippen LogP contribution in [0, 0.1) is 13.8 Å². The van der Waals surface area contributed by atoms with Crippen LogP contribution in [0.5, 0.6) is 5.88 Å². The number of hydrogen-bond donors (Lipinski definition) is 0. The third-order valence-corrected chi connectivity index (χ3v) is 3.21. The van der Waals surface area contributed by atoms with E-state index in [9.17, 15) is 0 Å². The minimum atomic E-state index is 0.192. The van der Waals surface area contributed by atoms with E-state index in [4.69, 9.17) is 21.1 Å². The highest BCUT2D eigenvalue weighted by Gasteiger charge is 2.17. The molecule has 16 heavy (non-hydrogen) atoms.